The summed E-state index contributed by atoms with van der Waals surface area (Å²) in [7, 11) is 0. The lowest BCUT2D eigenvalue weighted by molar-refractivity contribution is -0.122. The molecule has 2 amide bonds. The lowest BCUT2D eigenvalue weighted by Crippen LogP contribution is -2.31. The molecule has 3 atom stereocenters. The van der Waals surface area contributed by atoms with Crippen LogP contribution in [-0.4, -0.2) is 11.8 Å². The van der Waals surface area contributed by atoms with E-state index in [1.165, 1.54) is 4.90 Å². The Kier molecular flexibility index (Phi) is 4.11. The summed E-state index contributed by atoms with van der Waals surface area (Å²) in [5.74, 6) is 0.871. The Morgan fingerprint density at radius 1 is 1.00 bits per heavy atom. The zero-order valence-electron chi connectivity index (χ0n) is 14.9. The number of rotatable bonds is 3. The van der Waals surface area contributed by atoms with Crippen molar-refractivity contribution >= 4 is 17.5 Å². The number of carbonyl (C=O) groups is 2. The first-order valence-corrected chi connectivity index (χ1v) is 8.93. The van der Waals surface area contributed by atoms with Gasteiger partial charge in [0.05, 0.1) is 17.5 Å². The van der Waals surface area contributed by atoms with Crippen molar-refractivity contribution in [3.8, 4) is 11.5 Å². The molecule has 0 radical (unpaired) electrons. The molecule has 1 saturated heterocycles. The summed E-state index contributed by atoms with van der Waals surface area (Å²) in [5, 5.41) is 0. The third-order valence-corrected chi connectivity index (χ3v) is 5.19. The maximum absolute atomic E-state index is 12.8. The SMILES string of the molecule is Cc1cccc(Oc2ccc(N3C(=O)[C@@H]4[C@H](C)C=CC[C@@H]4C3=O)cc2)c1. The van der Waals surface area contributed by atoms with Gasteiger partial charge in [0.25, 0.3) is 0 Å². The second kappa shape index (κ2) is 6.45. The highest BCUT2D eigenvalue weighted by molar-refractivity contribution is 6.22. The molecule has 1 aliphatic carbocycles. The number of hydrogen-bond donors (Lipinski definition) is 0. The van der Waals surface area contributed by atoms with E-state index >= 15 is 0 Å². The van der Waals surface area contributed by atoms with E-state index in [1.807, 2.05) is 50.3 Å². The monoisotopic (exact) mass is 347 g/mol. The first kappa shape index (κ1) is 16.6. The summed E-state index contributed by atoms with van der Waals surface area (Å²) < 4.78 is 5.84. The molecule has 4 rings (SSSR count). The second-order valence-electron chi connectivity index (χ2n) is 7.08. The summed E-state index contributed by atoms with van der Waals surface area (Å²) in [4.78, 5) is 26.9. The van der Waals surface area contributed by atoms with E-state index in [1.54, 1.807) is 24.3 Å². The molecule has 1 aliphatic heterocycles. The van der Waals surface area contributed by atoms with Crippen LogP contribution < -0.4 is 9.64 Å². The minimum absolute atomic E-state index is 0.0933. The Balaban J connectivity index is 1.55. The maximum Gasteiger partial charge on any atom is 0.238 e. The summed E-state index contributed by atoms with van der Waals surface area (Å²) in [6.45, 7) is 4.01. The second-order valence-corrected chi connectivity index (χ2v) is 7.08. The first-order valence-electron chi connectivity index (χ1n) is 8.93. The van der Waals surface area contributed by atoms with Crippen LogP contribution in [-0.2, 0) is 9.59 Å². The van der Waals surface area contributed by atoms with Crippen LogP contribution in [0.5, 0.6) is 11.5 Å². The third kappa shape index (κ3) is 2.81. The molecule has 0 spiro atoms. The van der Waals surface area contributed by atoms with Crippen molar-refractivity contribution in [2.45, 2.75) is 20.3 Å². The highest BCUT2D eigenvalue weighted by Crippen LogP contribution is 2.40. The van der Waals surface area contributed by atoms with Gasteiger partial charge in [0.2, 0.25) is 11.8 Å². The predicted molar refractivity (Wildman–Crippen MR) is 100 cm³/mol. The van der Waals surface area contributed by atoms with E-state index in [9.17, 15) is 9.59 Å². The Bertz CT molecular complexity index is 885. The van der Waals surface area contributed by atoms with Crippen LogP contribution in [0, 0.1) is 24.7 Å². The highest BCUT2D eigenvalue weighted by atomic mass is 16.5. The lowest BCUT2D eigenvalue weighted by atomic mass is 9.78. The van der Waals surface area contributed by atoms with Crippen LogP contribution in [0.4, 0.5) is 5.69 Å². The molecular formula is C22H21NO3. The van der Waals surface area contributed by atoms with Gasteiger partial charge in [0, 0.05) is 0 Å². The van der Waals surface area contributed by atoms with Crippen LogP contribution in [0.3, 0.4) is 0 Å². The van der Waals surface area contributed by atoms with Gasteiger partial charge in [-0.2, -0.15) is 0 Å². The molecule has 0 N–H and O–H groups in total. The van der Waals surface area contributed by atoms with Gasteiger partial charge in [-0.15, -0.1) is 0 Å². The van der Waals surface area contributed by atoms with E-state index < -0.39 is 0 Å². The fraction of sp³-hybridized carbons (Fsp3) is 0.273. The van der Waals surface area contributed by atoms with Crippen LogP contribution in [0.1, 0.15) is 18.9 Å². The third-order valence-electron chi connectivity index (χ3n) is 5.19. The van der Waals surface area contributed by atoms with E-state index in [0.717, 1.165) is 11.3 Å². The number of benzene rings is 2. The van der Waals surface area contributed by atoms with Gasteiger partial charge in [0.1, 0.15) is 11.5 Å². The highest BCUT2D eigenvalue weighted by Gasteiger charge is 2.50. The number of allylic oxidation sites excluding steroid dienone is 2. The smallest absolute Gasteiger partial charge is 0.238 e. The number of fused-ring (bicyclic) bond motifs is 1. The zero-order valence-corrected chi connectivity index (χ0v) is 14.9. The molecule has 2 aromatic rings. The maximum atomic E-state index is 12.8. The molecule has 1 heterocycles. The molecule has 1 fully saturated rings. The van der Waals surface area contributed by atoms with Gasteiger partial charge < -0.3 is 4.74 Å². The standard InChI is InChI=1S/C22H21NO3/c1-14-5-3-7-18(13-14)26-17-11-9-16(10-12-17)23-21(24)19-8-4-6-15(2)20(19)22(23)25/h3-7,9-13,15,19-20H,8H2,1-2H3/t15-,19+,20-/m1/s1. The first-order chi connectivity index (χ1) is 12.5. The summed E-state index contributed by atoms with van der Waals surface area (Å²) in [6.07, 6.45) is 4.69. The molecule has 0 aromatic heterocycles. The Labute approximate surface area is 153 Å². The quantitative estimate of drug-likeness (QED) is 0.607. The molecule has 4 nitrogen and oxygen atoms in total. The van der Waals surface area contributed by atoms with E-state index in [0.29, 0.717) is 17.9 Å². The Morgan fingerprint density at radius 3 is 2.46 bits per heavy atom. The molecule has 26 heavy (non-hydrogen) atoms. The number of ether oxygens (including phenoxy) is 1. The van der Waals surface area contributed by atoms with E-state index in [4.69, 9.17) is 4.74 Å². The fourth-order valence-corrected chi connectivity index (χ4v) is 3.88. The van der Waals surface area contributed by atoms with Gasteiger partial charge in [-0.1, -0.05) is 31.2 Å². The average molecular weight is 347 g/mol. The van der Waals surface area contributed by atoms with E-state index in [2.05, 4.69) is 0 Å². The largest absolute Gasteiger partial charge is 0.457 e. The topological polar surface area (TPSA) is 46.6 Å². The number of aryl methyl sites for hydroxylation is 1. The normalized spacial score (nSPS) is 24.7. The van der Waals surface area contributed by atoms with Crippen LogP contribution in [0.15, 0.2) is 60.7 Å². The molecule has 0 unspecified atom stereocenters. The lowest BCUT2D eigenvalue weighted by Gasteiger charge is -2.22. The van der Waals surface area contributed by atoms with Crippen molar-refractivity contribution in [3.63, 3.8) is 0 Å². The molecule has 0 saturated carbocycles. The van der Waals surface area contributed by atoms with Crippen molar-refractivity contribution in [1.82, 2.24) is 0 Å². The Morgan fingerprint density at radius 2 is 1.77 bits per heavy atom. The molecule has 0 bridgehead atoms. The Hall–Kier alpha value is -2.88. The number of carbonyl (C=O) groups excluding carboxylic acids is 2. The van der Waals surface area contributed by atoms with Crippen molar-refractivity contribution in [2.24, 2.45) is 17.8 Å². The number of nitrogens with zero attached hydrogens (tertiary/aromatic N) is 1. The predicted octanol–water partition coefficient (Wildman–Crippen LogP) is 4.49. The van der Waals surface area contributed by atoms with Crippen LogP contribution in [0.25, 0.3) is 0 Å². The van der Waals surface area contributed by atoms with Gasteiger partial charge in [0.15, 0.2) is 0 Å². The summed E-state index contributed by atoms with van der Waals surface area (Å²) >= 11 is 0. The van der Waals surface area contributed by atoms with Gasteiger partial charge in [-0.3, -0.25) is 14.5 Å². The molecule has 2 aromatic carbocycles. The zero-order chi connectivity index (χ0) is 18.3. The number of amides is 2. The van der Waals surface area contributed by atoms with Crippen molar-refractivity contribution in [1.29, 1.82) is 0 Å². The summed E-state index contributed by atoms with van der Waals surface area (Å²) in [5.41, 5.74) is 1.73. The minimum atomic E-state index is -0.240. The van der Waals surface area contributed by atoms with Gasteiger partial charge >= 0.3 is 0 Å². The number of imide groups is 1. The van der Waals surface area contributed by atoms with Crippen LogP contribution >= 0.6 is 0 Å². The molecule has 2 aliphatic rings. The molecule has 4 heteroatoms. The van der Waals surface area contributed by atoms with Crippen molar-refractivity contribution in [3.05, 3.63) is 66.2 Å². The van der Waals surface area contributed by atoms with Gasteiger partial charge in [-0.05, 0) is 61.2 Å². The van der Waals surface area contributed by atoms with Crippen molar-refractivity contribution in [2.75, 3.05) is 4.90 Å². The summed E-state index contributed by atoms with van der Waals surface area (Å²) in [6, 6.07) is 14.9. The van der Waals surface area contributed by atoms with E-state index in [-0.39, 0.29) is 29.6 Å². The van der Waals surface area contributed by atoms with Gasteiger partial charge in [-0.25, -0.2) is 0 Å². The van der Waals surface area contributed by atoms with Crippen LogP contribution in [0.2, 0.25) is 0 Å². The minimum Gasteiger partial charge on any atom is -0.457 e. The molecular weight excluding hydrogens is 326 g/mol. The van der Waals surface area contributed by atoms with Crippen molar-refractivity contribution < 1.29 is 14.3 Å². The fourth-order valence-electron chi connectivity index (χ4n) is 3.88. The molecule has 132 valence electrons. The average Bonchev–Trinajstić information content (AvgIpc) is 2.88. The number of hydrogen-bond acceptors (Lipinski definition) is 3. The number of anilines is 1.